The van der Waals surface area contributed by atoms with Crippen molar-refractivity contribution in [1.82, 2.24) is 25.4 Å². The molecule has 0 aliphatic carbocycles. The number of aryl methyl sites for hydroxylation is 2. The van der Waals surface area contributed by atoms with Crippen LogP contribution in [0.3, 0.4) is 0 Å². The Morgan fingerprint density at radius 3 is 2.67 bits per heavy atom. The van der Waals surface area contributed by atoms with Crippen LogP contribution in [0.4, 0.5) is 11.5 Å². The molecule has 2 aromatic heterocycles. The van der Waals surface area contributed by atoms with Crippen molar-refractivity contribution < 1.29 is 14.4 Å². The van der Waals surface area contributed by atoms with E-state index in [1.54, 1.807) is 29.9 Å². The van der Waals surface area contributed by atoms with E-state index in [1.165, 1.54) is 13.4 Å². The van der Waals surface area contributed by atoms with E-state index >= 15 is 0 Å². The lowest BCUT2D eigenvalue weighted by Gasteiger charge is -2.12. The summed E-state index contributed by atoms with van der Waals surface area (Å²) in [6, 6.07) is 5.24. The fourth-order valence-electron chi connectivity index (χ4n) is 2.79. The third-order valence-electron chi connectivity index (χ3n) is 4.25. The maximum atomic E-state index is 12.1. The van der Waals surface area contributed by atoms with Gasteiger partial charge in [-0.1, -0.05) is 6.07 Å². The first-order chi connectivity index (χ1) is 13.0. The number of hydroxylamine groups is 1. The zero-order valence-corrected chi connectivity index (χ0v) is 15.5. The zero-order valence-electron chi connectivity index (χ0n) is 15.5. The summed E-state index contributed by atoms with van der Waals surface area (Å²) >= 11 is 0. The van der Waals surface area contributed by atoms with E-state index < -0.39 is 0 Å². The highest BCUT2D eigenvalue weighted by Gasteiger charge is 2.17. The molecule has 3 rings (SSSR count). The first kappa shape index (κ1) is 18.3. The molecule has 0 aliphatic rings. The molecule has 9 nitrogen and oxygen atoms in total. The maximum absolute atomic E-state index is 12.1. The Balaban J connectivity index is 2.05. The van der Waals surface area contributed by atoms with Gasteiger partial charge >= 0.3 is 0 Å². The number of benzene rings is 1. The molecule has 0 unspecified atom stereocenters. The van der Waals surface area contributed by atoms with E-state index in [4.69, 9.17) is 0 Å². The number of nitrogens with one attached hydrogen (secondary N) is 3. The second-order valence-electron chi connectivity index (χ2n) is 5.94. The monoisotopic (exact) mass is 368 g/mol. The second kappa shape index (κ2) is 7.42. The van der Waals surface area contributed by atoms with Crippen LogP contribution in [0, 0.1) is 13.8 Å². The molecule has 140 valence electrons. The fraction of sp³-hybridized carbons (Fsp3) is 0.222. The van der Waals surface area contributed by atoms with E-state index in [0.717, 1.165) is 11.1 Å². The molecule has 2 amide bonds. The molecule has 3 aromatic rings. The molecule has 0 bridgehead atoms. The number of hydrogen-bond acceptors (Lipinski definition) is 6. The van der Waals surface area contributed by atoms with Crippen LogP contribution in [-0.2, 0) is 4.84 Å². The molecule has 3 N–H and O–H groups in total. The Bertz CT molecular complexity index is 1030. The number of amides is 2. The summed E-state index contributed by atoms with van der Waals surface area (Å²) in [6.45, 7) is 3.75. The molecule has 0 spiro atoms. The Kier molecular flexibility index (Phi) is 5.04. The fourth-order valence-corrected chi connectivity index (χ4v) is 2.79. The number of nitrogens with zero attached hydrogens (tertiary/aromatic N) is 3. The standard InChI is InChI=1S/C18H20N6O3/c1-10-5-6-12(17(25)23-27-4)7-14(10)22-16-15-11(2)13(18(26)19-3)8-24(15)21-9-20-16/h5-9H,1-4H3,(H,19,26)(H,23,25)(H,20,21,22). The van der Waals surface area contributed by atoms with E-state index in [2.05, 4.69) is 31.0 Å². The van der Waals surface area contributed by atoms with Crippen LogP contribution in [0.25, 0.3) is 5.52 Å². The van der Waals surface area contributed by atoms with Gasteiger partial charge in [-0.3, -0.25) is 14.4 Å². The van der Waals surface area contributed by atoms with Crippen LogP contribution in [0.2, 0.25) is 0 Å². The third kappa shape index (κ3) is 3.44. The van der Waals surface area contributed by atoms with Gasteiger partial charge in [0.2, 0.25) is 0 Å². The quantitative estimate of drug-likeness (QED) is 0.592. The average molecular weight is 368 g/mol. The molecule has 2 heterocycles. The number of carbonyl (C=O) groups is 2. The molecule has 27 heavy (non-hydrogen) atoms. The number of aromatic nitrogens is 3. The average Bonchev–Trinajstić information content (AvgIpc) is 3.00. The predicted molar refractivity (Wildman–Crippen MR) is 100 cm³/mol. The zero-order chi connectivity index (χ0) is 19.6. The topological polar surface area (TPSA) is 110 Å². The minimum absolute atomic E-state index is 0.196. The van der Waals surface area contributed by atoms with Crippen molar-refractivity contribution in [2.75, 3.05) is 19.5 Å². The first-order valence-corrected chi connectivity index (χ1v) is 8.22. The van der Waals surface area contributed by atoms with Crippen molar-refractivity contribution in [3.05, 3.63) is 53.0 Å². The third-order valence-corrected chi connectivity index (χ3v) is 4.25. The minimum atomic E-state index is -0.353. The maximum Gasteiger partial charge on any atom is 0.274 e. The Hall–Kier alpha value is -3.46. The van der Waals surface area contributed by atoms with Gasteiger partial charge < -0.3 is 10.6 Å². The number of rotatable bonds is 5. The van der Waals surface area contributed by atoms with Crippen LogP contribution < -0.4 is 16.1 Å². The molecule has 0 fully saturated rings. The number of hydrogen-bond donors (Lipinski definition) is 3. The minimum Gasteiger partial charge on any atom is -0.355 e. The summed E-state index contributed by atoms with van der Waals surface area (Å²) < 4.78 is 1.60. The van der Waals surface area contributed by atoms with Crippen LogP contribution in [-0.4, -0.2) is 40.6 Å². The molecule has 0 saturated carbocycles. The summed E-state index contributed by atoms with van der Waals surface area (Å²) in [6.07, 6.45) is 3.06. The van der Waals surface area contributed by atoms with Crippen LogP contribution in [0.15, 0.2) is 30.7 Å². The summed E-state index contributed by atoms with van der Waals surface area (Å²) in [5.74, 6) is -0.0161. The van der Waals surface area contributed by atoms with Gasteiger partial charge in [-0.2, -0.15) is 5.10 Å². The number of fused-ring (bicyclic) bond motifs is 1. The summed E-state index contributed by atoms with van der Waals surface area (Å²) in [7, 11) is 2.96. The van der Waals surface area contributed by atoms with Crippen molar-refractivity contribution in [2.45, 2.75) is 13.8 Å². The summed E-state index contributed by atoms with van der Waals surface area (Å²) in [5.41, 5.74) is 6.32. The van der Waals surface area contributed by atoms with Crippen molar-refractivity contribution >= 4 is 28.8 Å². The normalized spacial score (nSPS) is 10.7. The van der Waals surface area contributed by atoms with Gasteiger partial charge in [-0.15, -0.1) is 0 Å². The van der Waals surface area contributed by atoms with Crippen molar-refractivity contribution in [3.63, 3.8) is 0 Å². The lowest BCUT2D eigenvalue weighted by molar-refractivity contribution is 0.0537. The smallest absolute Gasteiger partial charge is 0.274 e. The summed E-state index contributed by atoms with van der Waals surface area (Å²) in [4.78, 5) is 33.0. The van der Waals surface area contributed by atoms with Gasteiger partial charge in [0.15, 0.2) is 5.82 Å². The van der Waals surface area contributed by atoms with Gasteiger partial charge in [0, 0.05) is 24.5 Å². The van der Waals surface area contributed by atoms with Crippen molar-refractivity contribution in [1.29, 1.82) is 0 Å². The number of anilines is 2. The van der Waals surface area contributed by atoms with Crippen LogP contribution >= 0.6 is 0 Å². The summed E-state index contributed by atoms with van der Waals surface area (Å²) in [5, 5.41) is 10.0. The predicted octanol–water partition coefficient (Wildman–Crippen LogP) is 1.74. The van der Waals surface area contributed by atoms with Gasteiger partial charge in [0.05, 0.1) is 12.7 Å². The van der Waals surface area contributed by atoms with Crippen LogP contribution in [0.5, 0.6) is 0 Å². The molecule has 0 radical (unpaired) electrons. The van der Waals surface area contributed by atoms with E-state index in [0.29, 0.717) is 28.1 Å². The molecule has 0 aliphatic heterocycles. The second-order valence-corrected chi connectivity index (χ2v) is 5.94. The number of carbonyl (C=O) groups excluding carboxylic acids is 2. The molecule has 0 saturated heterocycles. The first-order valence-electron chi connectivity index (χ1n) is 8.22. The molecular weight excluding hydrogens is 348 g/mol. The van der Waals surface area contributed by atoms with Gasteiger partial charge in [-0.25, -0.2) is 15.0 Å². The highest BCUT2D eigenvalue weighted by Crippen LogP contribution is 2.27. The van der Waals surface area contributed by atoms with Gasteiger partial charge in [-0.05, 0) is 37.1 Å². The molecule has 9 heteroatoms. The molecule has 0 atom stereocenters. The van der Waals surface area contributed by atoms with E-state index in [9.17, 15) is 9.59 Å². The van der Waals surface area contributed by atoms with Crippen molar-refractivity contribution in [2.24, 2.45) is 0 Å². The molecule has 1 aromatic carbocycles. The van der Waals surface area contributed by atoms with E-state index in [1.807, 2.05) is 19.9 Å². The SMILES string of the molecule is CNC(=O)c1cn2ncnc(Nc3cc(C(=O)NOC)ccc3C)c2c1C. The highest BCUT2D eigenvalue weighted by molar-refractivity contribution is 5.99. The van der Waals surface area contributed by atoms with Gasteiger partial charge in [0.1, 0.15) is 11.8 Å². The largest absolute Gasteiger partial charge is 0.355 e. The highest BCUT2D eigenvalue weighted by atomic mass is 16.6. The Morgan fingerprint density at radius 1 is 1.19 bits per heavy atom. The van der Waals surface area contributed by atoms with Crippen molar-refractivity contribution in [3.8, 4) is 0 Å². The van der Waals surface area contributed by atoms with E-state index in [-0.39, 0.29) is 11.8 Å². The Labute approximate surface area is 155 Å². The lowest BCUT2D eigenvalue weighted by Crippen LogP contribution is -2.21. The van der Waals surface area contributed by atoms with Crippen LogP contribution in [0.1, 0.15) is 31.8 Å². The lowest BCUT2D eigenvalue weighted by atomic mass is 10.1. The molecular formula is C18H20N6O3. The Morgan fingerprint density at radius 2 is 1.96 bits per heavy atom. The van der Waals surface area contributed by atoms with Gasteiger partial charge in [0.25, 0.3) is 11.8 Å².